The molecule has 6 rings (SSSR count). The van der Waals surface area contributed by atoms with Crippen LogP contribution in [0.15, 0.2) is 36.4 Å². The molecule has 8 atom stereocenters. The Bertz CT molecular complexity index is 1650. The molecule has 3 fully saturated rings. The maximum atomic E-state index is 14.2. The molecule has 46 heavy (non-hydrogen) atoms. The zero-order valence-electron chi connectivity index (χ0n) is 26.3. The Morgan fingerprint density at radius 3 is 2.35 bits per heavy atom. The second kappa shape index (κ2) is 11.5. The van der Waals surface area contributed by atoms with Crippen LogP contribution < -0.4 is 5.73 Å². The Hall–Kier alpha value is -3.81. The van der Waals surface area contributed by atoms with E-state index in [0.717, 1.165) is 38.3 Å². The van der Waals surface area contributed by atoms with Gasteiger partial charge in [-0.3, -0.25) is 33.8 Å². The van der Waals surface area contributed by atoms with E-state index in [9.17, 15) is 39.3 Å². The summed E-state index contributed by atoms with van der Waals surface area (Å²) in [6, 6.07) is 9.64. The SMILES string of the molecule is CC1c2ccc(-c3cccc(CN4CCN(C)CC4)c3)c(O)c2C(=O)C2C(=O)C3(O)C(=O)C(C(N)=O)C(=O)C(N(C)C)C3C(O)C21. The highest BCUT2D eigenvalue weighted by Gasteiger charge is 2.72. The monoisotopic (exact) mass is 632 g/mol. The van der Waals surface area contributed by atoms with Crippen molar-refractivity contribution in [3.05, 3.63) is 53.1 Å². The number of hydrogen-bond donors (Lipinski definition) is 4. The normalized spacial score (nSPS) is 33.5. The van der Waals surface area contributed by atoms with Crippen molar-refractivity contribution in [3.63, 3.8) is 0 Å². The molecule has 1 heterocycles. The number of phenolic OH excluding ortho intramolecular Hbond substituents is 1. The summed E-state index contributed by atoms with van der Waals surface area (Å²) in [5.41, 5.74) is 4.72. The first-order valence-electron chi connectivity index (χ1n) is 15.6. The minimum Gasteiger partial charge on any atom is -0.507 e. The minimum absolute atomic E-state index is 0.117. The van der Waals surface area contributed by atoms with Crippen molar-refractivity contribution < 1.29 is 39.3 Å². The number of amides is 1. The quantitative estimate of drug-likeness (QED) is 0.321. The molecule has 0 spiro atoms. The lowest BCUT2D eigenvalue weighted by atomic mass is 9.49. The zero-order valence-corrected chi connectivity index (χ0v) is 26.3. The number of nitrogens with two attached hydrogens (primary N) is 1. The Morgan fingerprint density at radius 2 is 1.72 bits per heavy atom. The van der Waals surface area contributed by atoms with Crippen LogP contribution in [0, 0.1) is 23.7 Å². The number of fused-ring (bicyclic) bond motifs is 3. The molecule has 2 aromatic rings. The van der Waals surface area contributed by atoms with Crippen molar-refractivity contribution in [2.45, 2.75) is 37.1 Å². The van der Waals surface area contributed by atoms with Gasteiger partial charge in [0.1, 0.15) is 5.75 Å². The van der Waals surface area contributed by atoms with E-state index >= 15 is 0 Å². The number of hydrogen-bond acceptors (Lipinski definition) is 11. The maximum absolute atomic E-state index is 14.2. The fraction of sp³-hybridized carbons (Fsp3) is 0.500. The maximum Gasteiger partial charge on any atom is 0.235 e. The van der Waals surface area contributed by atoms with Crippen molar-refractivity contribution in [2.24, 2.45) is 29.4 Å². The molecule has 0 bridgehead atoms. The third kappa shape index (κ3) is 4.65. The first-order valence-corrected chi connectivity index (χ1v) is 15.6. The fourth-order valence-electron chi connectivity index (χ4n) is 8.32. The molecule has 3 aliphatic carbocycles. The third-order valence-corrected chi connectivity index (χ3v) is 10.7. The number of aliphatic hydroxyl groups excluding tert-OH is 1. The van der Waals surface area contributed by atoms with Crippen LogP contribution in [0.2, 0.25) is 0 Å². The van der Waals surface area contributed by atoms with Crippen molar-refractivity contribution in [2.75, 3.05) is 47.3 Å². The summed E-state index contributed by atoms with van der Waals surface area (Å²) in [5, 5.41) is 35.3. The number of aromatic hydroxyl groups is 1. The molecular formula is C34H40N4O8. The predicted molar refractivity (Wildman–Crippen MR) is 166 cm³/mol. The molecule has 1 saturated heterocycles. The van der Waals surface area contributed by atoms with Crippen LogP contribution in [0.25, 0.3) is 11.1 Å². The average Bonchev–Trinajstić information content (AvgIpc) is 3.00. The molecule has 1 aliphatic heterocycles. The average molecular weight is 633 g/mol. The standard InChI is InChI=1S/C34H40N4O8/c1-16-19-8-9-20(18-7-5-6-17(14-18)15-38-12-10-37(4)11-13-38)27(39)22(19)28(40)23-21(16)29(41)25-26(36(2)3)30(42)24(33(35)45)32(44)34(25,46)31(23)43/h5-9,14,16,21,23-26,29,39,41,46H,10-13,15H2,1-4H3,(H2,35,45). The minimum atomic E-state index is -3.03. The number of primary amides is 1. The second-order valence-corrected chi connectivity index (χ2v) is 13.6. The van der Waals surface area contributed by atoms with Gasteiger partial charge < -0.3 is 26.0 Å². The van der Waals surface area contributed by atoms with Gasteiger partial charge in [0.25, 0.3) is 0 Å². The molecule has 4 aliphatic rings. The van der Waals surface area contributed by atoms with Crippen molar-refractivity contribution in [1.29, 1.82) is 0 Å². The van der Waals surface area contributed by atoms with E-state index in [0.29, 0.717) is 16.7 Å². The summed E-state index contributed by atoms with van der Waals surface area (Å²) in [6.45, 7) is 6.22. The van der Waals surface area contributed by atoms with Crippen LogP contribution in [-0.2, 0) is 25.7 Å². The highest BCUT2D eigenvalue weighted by molar-refractivity contribution is 6.32. The van der Waals surface area contributed by atoms with Crippen LogP contribution >= 0.6 is 0 Å². The number of rotatable bonds is 5. The first-order chi connectivity index (χ1) is 21.7. The number of benzene rings is 2. The fourth-order valence-corrected chi connectivity index (χ4v) is 8.32. The van der Waals surface area contributed by atoms with Crippen molar-refractivity contribution in [1.82, 2.24) is 14.7 Å². The van der Waals surface area contributed by atoms with Crippen LogP contribution in [-0.4, -0.2) is 124 Å². The van der Waals surface area contributed by atoms with Crippen LogP contribution in [0.1, 0.15) is 34.3 Å². The van der Waals surface area contributed by atoms with Gasteiger partial charge in [-0.1, -0.05) is 37.3 Å². The lowest BCUT2D eigenvalue weighted by Crippen LogP contribution is -2.77. The van der Waals surface area contributed by atoms with Crippen molar-refractivity contribution >= 4 is 29.0 Å². The summed E-state index contributed by atoms with van der Waals surface area (Å²) in [4.78, 5) is 73.6. The van der Waals surface area contributed by atoms with Gasteiger partial charge in [-0.2, -0.15) is 0 Å². The highest BCUT2D eigenvalue weighted by atomic mass is 16.3. The molecule has 1 amide bonds. The summed E-state index contributed by atoms with van der Waals surface area (Å²) in [5.74, 6) is -13.3. The van der Waals surface area contributed by atoms with Gasteiger partial charge in [0.05, 0.1) is 29.5 Å². The number of phenols is 1. The molecular weight excluding hydrogens is 592 g/mol. The molecule has 12 nitrogen and oxygen atoms in total. The molecule has 2 aromatic carbocycles. The van der Waals surface area contributed by atoms with E-state index < -0.39 is 76.4 Å². The Morgan fingerprint density at radius 1 is 1.04 bits per heavy atom. The highest BCUT2D eigenvalue weighted by Crippen LogP contribution is 2.55. The zero-order chi connectivity index (χ0) is 33.4. The Kier molecular flexibility index (Phi) is 8.01. The van der Waals surface area contributed by atoms with Crippen LogP contribution in [0.5, 0.6) is 5.75 Å². The summed E-state index contributed by atoms with van der Waals surface area (Å²) in [6.07, 6.45) is -1.66. The molecule has 0 aromatic heterocycles. The van der Waals surface area contributed by atoms with E-state index in [4.69, 9.17) is 5.73 Å². The topological polar surface area (TPSA) is 182 Å². The largest absolute Gasteiger partial charge is 0.507 e. The molecule has 244 valence electrons. The van der Waals surface area contributed by atoms with Crippen LogP contribution in [0.3, 0.4) is 0 Å². The molecule has 2 saturated carbocycles. The van der Waals surface area contributed by atoms with Crippen molar-refractivity contribution in [3.8, 4) is 16.9 Å². The third-order valence-electron chi connectivity index (χ3n) is 10.7. The van der Waals surface area contributed by atoms with Gasteiger partial charge >= 0.3 is 0 Å². The van der Waals surface area contributed by atoms with Crippen LogP contribution in [0.4, 0.5) is 0 Å². The van der Waals surface area contributed by atoms with E-state index in [1.807, 2.05) is 24.3 Å². The van der Waals surface area contributed by atoms with E-state index in [1.165, 1.54) is 19.0 Å². The molecule has 0 radical (unpaired) electrons. The second-order valence-electron chi connectivity index (χ2n) is 13.6. The number of piperazine rings is 1. The summed E-state index contributed by atoms with van der Waals surface area (Å²) < 4.78 is 0. The van der Waals surface area contributed by atoms with Gasteiger partial charge in [0.15, 0.2) is 34.7 Å². The van der Waals surface area contributed by atoms with E-state index in [-0.39, 0.29) is 11.3 Å². The van der Waals surface area contributed by atoms with Gasteiger partial charge in [0, 0.05) is 44.2 Å². The number of carbonyl (C=O) groups is 5. The number of ketones is 4. The number of nitrogens with zero attached hydrogens (tertiary/aromatic N) is 3. The lowest BCUT2D eigenvalue weighted by Gasteiger charge is -2.56. The summed E-state index contributed by atoms with van der Waals surface area (Å²) >= 11 is 0. The van der Waals surface area contributed by atoms with Gasteiger partial charge in [-0.05, 0) is 49.8 Å². The van der Waals surface area contributed by atoms with Gasteiger partial charge in [-0.15, -0.1) is 0 Å². The molecule has 8 unspecified atom stereocenters. The number of likely N-dealkylation sites (N-methyl/N-ethyl adjacent to an activating group) is 2. The van der Waals surface area contributed by atoms with Gasteiger partial charge in [0.2, 0.25) is 5.91 Å². The molecule has 5 N–H and O–H groups in total. The van der Waals surface area contributed by atoms with E-state index in [2.05, 4.69) is 16.8 Å². The van der Waals surface area contributed by atoms with Gasteiger partial charge in [-0.25, -0.2) is 0 Å². The van der Waals surface area contributed by atoms with E-state index in [1.54, 1.807) is 19.1 Å². The first kappa shape index (κ1) is 32.1. The molecule has 12 heteroatoms. The predicted octanol–water partition coefficient (Wildman–Crippen LogP) is -0.187. The summed E-state index contributed by atoms with van der Waals surface area (Å²) in [7, 11) is 5.02. The lowest BCUT2D eigenvalue weighted by molar-refractivity contribution is -0.196. The smallest absolute Gasteiger partial charge is 0.235 e. The number of Topliss-reactive ketones (excluding diaryl/α,β-unsaturated/α-hetero) is 4. The Labute approximate surface area is 266 Å². The number of aliphatic hydroxyl groups is 2. The number of carbonyl (C=O) groups excluding carboxylic acids is 5. The Balaban J connectivity index is 1.41.